The number of hydrogen-bond donors (Lipinski definition) is 0. The Morgan fingerprint density at radius 2 is 1.95 bits per heavy atom. The molecule has 0 amide bonds. The molecule has 0 spiro atoms. The molecule has 0 atom stereocenters. The molecule has 108 valence electrons. The molecular formula is C16H24NO2Si+. The molecule has 0 aliphatic heterocycles. The van der Waals surface area contributed by atoms with Crippen molar-refractivity contribution in [1.82, 2.24) is 4.98 Å². The summed E-state index contributed by atoms with van der Waals surface area (Å²) in [6.45, 7) is 12.8. The Balaban J connectivity index is 2.70. The fraction of sp³-hybridized carbons (Fsp3) is 0.438. The lowest BCUT2D eigenvalue weighted by molar-refractivity contribution is -0.304. The summed E-state index contributed by atoms with van der Waals surface area (Å²) in [5.74, 6) is -0.111. The van der Waals surface area contributed by atoms with Crippen molar-refractivity contribution in [2.75, 3.05) is 0 Å². The summed E-state index contributed by atoms with van der Waals surface area (Å²) in [7, 11) is -1.80. The van der Waals surface area contributed by atoms with E-state index < -0.39 is 8.32 Å². The molecule has 1 aromatic rings. The highest BCUT2D eigenvalue weighted by atomic mass is 28.4. The van der Waals surface area contributed by atoms with E-state index in [1.165, 1.54) is 6.08 Å². The van der Waals surface area contributed by atoms with Crippen LogP contribution in [-0.2, 0) is 4.11 Å². The van der Waals surface area contributed by atoms with Gasteiger partial charge in [-0.1, -0.05) is 26.8 Å². The van der Waals surface area contributed by atoms with E-state index in [1.54, 1.807) is 24.6 Å². The van der Waals surface area contributed by atoms with E-state index in [1.807, 2.05) is 13.0 Å². The SMILES string of the molecule is Cc1ccc(C(=O)/C=C/C=[O+][Si](C)(C)C(C)(C)C)nc1. The first kappa shape index (κ1) is 16.5. The van der Waals surface area contributed by atoms with Crippen molar-refractivity contribution in [2.45, 2.75) is 45.8 Å². The molecule has 20 heavy (non-hydrogen) atoms. The average molecular weight is 290 g/mol. The van der Waals surface area contributed by atoms with E-state index in [4.69, 9.17) is 4.11 Å². The summed E-state index contributed by atoms with van der Waals surface area (Å²) in [6, 6.07) is 3.61. The van der Waals surface area contributed by atoms with Gasteiger partial charge in [0.25, 0.3) is 6.29 Å². The maximum atomic E-state index is 11.9. The van der Waals surface area contributed by atoms with Crippen molar-refractivity contribution in [3.8, 4) is 0 Å². The summed E-state index contributed by atoms with van der Waals surface area (Å²) < 4.78 is 5.85. The van der Waals surface area contributed by atoms with E-state index in [9.17, 15) is 4.79 Å². The van der Waals surface area contributed by atoms with E-state index >= 15 is 0 Å². The lowest BCUT2D eigenvalue weighted by atomic mass is 10.2. The van der Waals surface area contributed by atoms with Gasteiger partial charge in [-0.3, -0.25) is 9.78 Å². The van der Waals surface area contributed by atoms with Crippen LogP contribution >= 0.6 is 0 Å². The molecule has 0 fully saturated rings. The van der Waals surface area contributed by atoms with Gasteiger partial charge in [0.2, 0.25) is 5.78 Å². The molecule has 0 saturated carbocycles. The van der Waals surface area contributed by atoms with Crippen LogP contribution in [0.5, 0.6) is 0 Å². The van der Waals surface area contributed by atoms with Gasteiger partial charge in [-0.15, -0.1) is 0 Å². The number of ketones is 1. The molecule has 0 aliphatic carbocycles. The zero-order valence-electron chi connectivity index (χ0n) is 13.2. The lowest BCUT2D eigenvalue weighted by Crippen LogP contribution is -2.38. The molecule has 4 heteroatoms. The van der Waals surface area contributed by atoms with Crippen molar-refractivity contribution in [3.05, 3.63) is 41.7 Å². The Morgan fingerprint density at radius 3 is 2.45 bits per heavy atom. The van der Waals surface area contributed by atoms with Crippen LogP contribution in [0.4, 0.5) is 0 Å². The second-order valence-electron chi connectivity index (χ2n) is 6.46. The molecular weight excluding hydrogens is 266 g/mol. The smallest absolute Gasteiger partial charge is 0.377 e. The van der Waals surface area contributed by atoms with Gasteiger partial charge >= 0.3 is 8.32 Å². The third-order valence-corrected chi connectivity index (χ3v) is 8.00. The first-order chi connectivity index (χ1) is 9.13. The predicted molar refractivity (Wildman–Crippen MR) is 85.7 cm³/mol. The molecule has 0 aromatic carbocycles. The maximum absolute atomic E-state index is 11.9. The molecule has 0 N–H and O–H groups in total. The van der Waals surface area contributed by atoms with Crippen LogP contribution in [0.3, 0.4) is 0 Å². The van der Waals surface area contributed by atoms with E-state index in [0.29, 0.717) is 5.69 Å². The van der Waals surface area contributed by atoms with Crippen LogP contribution in [-0.4, -0.2) is 25.4 Å². The lowest BCUT2D eigenvalue weighted by Gasteiger charge is -2.20. The standard InChI is InChI=1S/C16H24NO2Si/c1-13-9-10-14(17-12-13)15(18)8-7-11-19-20(5,6)16(2,3)4/h7-12H,1-6H3/q+1/b8-7+. The minimum Gasteiger partial charge on any atom is -0.377 e. The maximum Gasteiger partial charge on any atom is 0.516 e. The second kappa shape index (κ2) is 6.26. The van der Waals surface area contributed by atoms with E-state index in [2.05, 4.69) is 38.8 Å². The summed E-state index contributed by atoms with van der Waals surface area (Å²) in [5.41, 5.74) is 1.49. The van der Waals surface area contributed by atoms with Gasteiger partial charge in [0.15, 0.2) is 0 Å². The first-order valence-electron chi connectivity index (χ1n) is 6.78. The fourth-order valence-electron chi connectivity index (χ4n) is 1.21. The van der Waals surface area contributed by atoms with E-state index in [0.717, 1.165) is 5.56 Å². The Bertz CT molecular complexity index is 522. The summed E-state index contributed by atoms with van der Waals surface area (Å²) in [6.07, 6.45) is 6.47. The van der Waals surface area contributed by atoms with Gasteiger partial charge in [-0.25, -0.2) is 0 Å². The van der Waals surface area contributed by atoms with Crippen LogP contribution < -0.4 is 0 Å². The highest BCUT2D eigenvalue weighted by Gasteiger charge is 2.50. The zero-order chi connectivity index (χ0) is 15.4. The predicted octanol–water partition coefficient (Wildman–Crippen LogP) is 3.87. The number of hydrogen-bond acceptors (Lipinski definition) is 2. The zero-order valence-corrected chi connectivity index (χ0v) is 14.2. The van der Waals surface area contributed by atoms with Crippen LogP contribution in [0, 0.1) is 6.92 Å². The Morgan fingerprint density at radius 1 is 1.30 bits per heavy atom. The number of nitrogens with zero attached hydrogens (tertiary/aromatic N) is 1. The molecule has 1 rings (SSSR count). The van der Waals surface area contributed by atoms with Crippen molar-refractivity contribution in [1.29, 1.82) is 0 Å². The number of aromatic nitrogens is 1. The number of aldehydes is 1. The number of carbonyl (C=O) groups is 1. The number of aryl methyl sites for hydroxylation is 1. The number of pyridine rings is 1. The normalized spacial score (nSPS) is 13.3. The van der Waals surface area contributed by atoms with Crippen LogP contribution in [0.1, 0.15) is 36.8 Å². The second-order valence-corrected chi connectivity index (χ2v) is 11.2. The monoisotopic (exact) mass is 290 g/mol. The number of rotatable bonds is 4. The third kappa shape index (κ3) is 4.53. The first-order valence-corrected chi connectivity index (χ1v) is 9.69. The van der Waals surface area contributed by atoms with Gasteiger partial charge in [-0.05, 0) is 24.6 Å². The van der Waals surface area contributed by atoms with Crippen molar-refractivity contribution in [3.63, 3.8) is 0 Å². The third-order valence-electron chi connectivity index (χ3n) is 3.66. The van der Waals surface area contributed by atoms with Gasteiger partial charge < -0.3 is 4.11 Å². The Kier molecular flexibility index (Phi) is 5.17. The molecule has 0 bridgehead atoms. The van der Waals surface area contributed by atoms with Crippen molar-refractivity contribution in [2.24, 2.45) is 0 Å². The molecule has 1 heterocycles. The molecule has 0 aliphatic rings. The molecule has 0 radical (unpaired) electrons. The van der Waals surface area contributed by atoms with Crippen LogP contribution in [0.15, 0.2) is 30.5 Å². The highest BCUT2D eigenvalue weighted by molar-refractivity contribution is 6.71. The molecule has 0 unspecified atom stereocenters. The van der Waals surface area contributed by atoms with Crippen molar-refractivity contribution >= 4 is 20.4 Å². The average Bonchev–Trinajstić information content (AvgIpc) is 2.34. The topological polar surface area (TPSA) is 41.3 Å². The Hall–Kier alpha value is -1.55. The fourth-order valence-corrected chi connectivity index (χ4v) is 1.98. The molecule has 1 aromatic heterocycles. The van der Waals surface area contributed by atoms with Crippen molar-refractivity contribution < 1.29 is 8.91 Å². The quantitative estimate of drug-likeness (QED) is 0.278. The number of allylic oxidation sites excluding steroid dienone is 2. The van der Waals surface area contributed by atoms with Crippen LogP contribution in [0.2, 0.25) is 18.1 Å². The summed E-state index contributed by atoms with van der Waals surface area (Å²) >= 11 is 0. The van der Waals surface area contributed by atoms with Crippen LogP contribution in [0.25, 0.3) is 0 Å². The molecule has 0 saturated heterocycles. The van der Waals surface area contributed by atoms with Gasteiger partial charge in [0.05, 0.1) is 0 Å². The minimum atomic E-state index is -1.80. The van der Waals surface area contributed by atoms with Gasteiger partial charge in [0.1, 0.15) is 5.69 Å². The van der Waals surface area contributed by atoms with E-state index in [-0.39, 0.29) is 10.8 Å². The highest BCUT2D eigenvalue weighted by Crippen LogP contribution is 2.34. The summed E-state index contributed by atoms with van der Waals surface area (Å²) in [4.78, 5) is 16.0. The number of carbonyl (C=O) groups excluding carboxylic acids is 2. The van der Waals surface area contributed by atoms with Gasteiger partial charge in [0, 0.05) is 30.4 Å². The van der Waals surface area contributed by atoms with Gasteiger partial charge in [-0.2, -0.15) is 0 Å². The minimum absolute atomic E-state index is 0.111. The Labute approximate surface area is 122 Å². The summed E-state index contributed by atoms with van der Waals surface area (Å²) in [5, 5.41) is 0.153. The molecule has 3 nitrogen and oxygen atoms in total. The largest absolute Gasteiger partial charge is 0.516 e.